The van der Waals surface area contributed by atoms with Gasteiger partial charge < -0.3 is 43.9 Å². The summed E-state index contributed by atoms with van der Waals surface area (Å²) in [6.07, 6.45) is 2.35. The normalized spacial score (nSPS) is 20.2. The summed E-state index contributed by atoms with van der Waals surface area (Å²) < 4.78 is 46.0. The lowest BCUT2D eigenvalue weighted by molar-refractivity contribution is -0.126. The van der Waals surface area contributed by atoms with Crippen LogP contribution in [0.3, 0.4) is 0 Å². The molecule has 65 heavy (non-hydrogen) atoms. The molecule has 20 nitrogen and oxygen atoms in total. The largest absolute Gasteiger partial charge is 0.497 e. The van der Waals surface area contributed by atoms with Crippen LogP contribution < -0.4 is 30.7 Å². The average molecular weight is 904 g/mol. The highest BCUT2D eigenvalue weighted by atomic mass is 32.2. The quantitative estimate of drug-likeness (QED) is 0.0571. The Balaban J connectivity index is 0.000000164. The Labute approximate surface area is 368 Å². The van der Waals surface area contributed by atoms with Gasteiger partial charge >= 0.3 is 12.1 Å². The fourth-order valence-corrected chi connectivity index (χ4v) is 9.01. The Bertz CT molecular complexity index is 3200. The molecule has 8 amide bonds. The van der Waals surface area contributed by atoms with Crippen LogP contribution in [0.2, 0.25) is 0 Å². The van der Waals surface area contributed by atoms with E-state index in [0.29, 0.717) is 50.1 Å². The van der Waals surface area contributed by atoms with E-state index in [0.717, 1.165) is 17.4 Å². The maximum Gasteiger partial charge on any atom is 0.322 e. The predicted octanol–water partition coefficient (Wildman–Crippen LogP) is 3.48. The van der Waals surface area contributed by atoms with Gasteiger partial charge in [0.15, 0.2) is 20.9 Å². The monoisotopic (exact) mass is 903 g/mol. The summed E-state index contributed by atoms with van der Waals surface area (Å²) in [6, 6.07) is 21.5. The van der Waals surface area contributed by atoms with E-state index in [1.165, 1.54) is 54.5 Å². The molecule has 2 aromatic heterocycles. The molecule has 2 atom stereocenters. The fourth-order valence-electron chi connectivity index (χ4n) is 8.35. The number of carbonyl (C=O) groups excluding carboxylic acids is 6. The number of rotatable bonds is 10. The molecule has 21 heteroatoms. The van der Waals surface area contributed by atoms with Crippen molar-refractivity contribution in [2.45, 2.75) is 29.1 Å². The number of nitrogens with zero attached hydrogens (tertiary/aromatic N) is 3. The third kappa shape index (κ3) is 7.29. The Morgan fingerprint density at radius 2 is 1.15 bits per heavy atom. The van der Waals surface area contributed by atoms with Gasteiger partial charge in [-0.1, -0.05) is 17.3 Å². The van der Waals surface area contributed by atoms with Crippen molar-refractivity contribution in [2.24, 2.45) is 5.16 Å². The van der Waals surface area contributed by atoms with E-state index in [2.05, 4.69) is 26.4 Å². The number of methoxy groups -OCH3 is 2. The molecule has 4 aliphatic rings. The molecule has 10 rings (SSSR count). The highest BCUT2D eigenvalue weighted by molar-refractivity contribution is 7.90. The molecular weight excluding hydrogens is 867 g/mol. The van der Waals surface area contributed by atoms with Crippen molar-refractivity contribution in [3.63, 3.8) is 0 Å². The van der Waals surface area contributed by atoms with Gasteiger partial charge in [0.05, 0.1) is 38.4 Å². The average Bonchev–Trinajstić information content (AvgIpc) is 4.13. The fraction of sp³-hybridized carbons (Fsp3) is 0.205. The van der Waals surface area contributed by atoms with Crippen molar-refractivity contribution in [3.05, 3.63) is 124 Å². The van der Waals surface area contributed by atoms with Gasteiger partial charge in [0.25, 0.3) is 23.6 Å². The number of amides is 8. The number of fused-ring (bicyclic) bond motifs is 4. The van der Waals surface area contributed by atoms with Crippen LogP contribution in [0.1, 0.15) is 48.9 Å². The zero-order valence-electron chi connectivity index (χ0n) is 34.6. The second-order valence-electron chi connectivity index (χ2n) is 15.7. The summed E-state index contributed by atoms with van der Waals surface area (Å²) in [7, 11) is -0.432. The number of carbonyl (C=O) groups is 6. The van der Waals surface area contributed by atoms with Gasteiger partial charge in [-0.2, -0.15) is 0 Å². The SMILES string of the molecule is COc1ccc2c(c1)C(=O)N(C[C@@]1(c3cc4cc(/C=N/O)ccc4o3)NC(=O)NC1=O)C2.COc1ccc2c(c1)C(=O)N(C[C@@]1(c3cc4cc(S(C)(=O)=O)ccc4o3)NC(=O)NC1=O)C2. The molecular formula is C44H37N7O13S. The van der Waals surface area contributed by atoms with Gasteiger partial charge in [-0.25, -0.2) is 18.0 Å². The minimum absolute atomic E-state index is 0.0906. The smallest absolute Gasteiger partial charge is 0.322 e. The predicted molar refractivity (Wildman–Crippen MR) is 227 cm³/mol. The topological polar surface area (TPSA) is 268 Å². The Kier molecular flexibility index (Phi) is 10.1. The van der Waals surface area contributed by atoms with Crippen molar-refractivity contribution in [3.8, 4) is 11.5 Å². The van der Waals surface area contributed by atoms with Gasteiger partial charge in [-0.3, -0.25) is 29.8 Å². The van der Waals surface area contributed by atoms with Crippen molar-refractivity contribution in [2.75, 3.05) is 33.6 Å². The summed E-state index contributed by atoms with van der Waals surface area (Å²) in [6.45, 7) is 0.215. The van der Waals surface area contributed by atoms with Crippen LogP contribution in [0.4, 0.5) is 9.59 Å². The number of hydrogen-bond acceptors (Lipinski definition) is 14. The first-order valence-corrected chi connectivity index (χ1v) is 21.6. The second-order valence-corrected chi connectivity index (χ2v) is 17.7. The number of oxime groups is 1. The third-order valence-corrected chi connectivity index (χ3v) is 12.7. The maximum absolute atomic E-state index is 13.1. The molecule has 0 bridgehead atoms. The highest BCUT2D eigenvalue weighted by Gasteiger charge is 2.54. The van der Waals surface area contributed by atoms with Crippen LogP contribution in [0.5, 0.6) is 11.5 Å². The molecule has 0 saturated carbocycles. The molecule has 4 aromatic carbocycles. The molecule has 2 fully saturated rings. The molecule has 6 heterocycles. The summed E-state index contributed by atoms with van der Waals surface area (Å²) in [5.41, 5.74) is 0.678. The van der Waals surface area contributed by atoms with Crippen molar-refractivity contribution >= 4 is 73.7 Å². The summed E-state index contributed by atoms with van der Waals surface area (Å²) in [5.74, 6) is -0.499. The molecule has 0 spiro atoms. The summed E-state index contributed by atoms with van der Waals surface area (Å²) in [4.78, 5) is 79.3. The Morgan fingerprint density at radius 3 is 1.58 bits per heavy atom. The van der Waals surface area contributed by atoms with E-state index in [4.69, 9.17) is 23.5 Å². The van der Waals surface area contributed by atoms with E-state index < -0.39 is 44.8 Å². The first-order chi connectivity index (χ1) is 31.0. The van der Waals surface area contributed by atoms with Crippen molar-refractivity contribution < 1.29 is 60.7 Å². The number of ether oxygens (including phenoxy) is 2. The molecule has 332 valence electrons. The number of nitrogens with one attached hydrogen (secondary N) is 4. The van der Waals surface area contributed by atoms with Crippen molar-refractivity contribution in [1.82, 2.24) is 31.1 Å². The number of sulfone groups is 1. The molecule has 5 N–H and O–H groups in total. The molecule has 0 unspecified atom stereocenters. The minimum atomic E-state index is -3.45. The van der Waals surface area contributed by atoms with Crippen LogP contribution >= 0.6 is 0 Å². The van der Waals surface area contributed by atoms with E-state index in [1.807, 2.05) is 0 Å². The van der Waals surface area contributed by atoms with Gasteiger partial charge in [0.1, 0.15) is 34.2 Å². The van der Waals surface area contributed by atoms with Crippen LogP contribution in [0, 0.1) is 0 Å². The lowest BCUT2D eigenvalue weighted by Gasteiger charge is -2.29. The van der Waals surface area contributed by atoms with Gasteiger partial charge in [0.2, 0.25) is 0 Å². The molecule has 2 saturated heterocycles. The number of imide groups is 2. The zero-order valence-corrected chi connectivity index (χ0v) is 35.4. The van der Waals surface area contributed by atoms with Gasteiger partial charge in [0, 0.05) is 41.2 Å². The first kappa shape index (κ1) is 42.1. The van der Waals surface area contributed by atoms with Crippen molar-refractivity contribution in [1.29, 1.82) is 0 Å². The lowest BCUT2D eigenvalue weighted by Crippen LogP contribution is -2.52. The number of benzene rings is 4. The zero-order chi connectivity index (χ0) is 46.0. The van der Waals surface area contributed by atoms with E-state index in [1.54, 1.807) is 60.7 Å². The number of hydrogen-bond donors (Lipinski definition) is 5. The standard InChI is InChI=1S/C22H18N4O6.C22H19N3O7S/c1-31-15-4-3-13-10-26(19(27)16(13)8-15)11-22(20(28)24-21(29)25-22)18-7-14-6-12(9-23-30)2-5-17(14)32-18;1-31-14-4-3-12-10-25(19(26)16(12)9-14)11-22(20(27)23-21(28)24-22)18-8-13-7-15(33(2,29)30)5-6-17(13)32-18/h2-9,30H,10-11H2,1H3,(H2,24,25,28,29);3-9H,10-11H2,1-2H3,(H2,23,24,27,28)/b23-9+;/t2*22-/m00/s1. The maximum atomic E-state index is 13.1. The lowest BCUT2D eigenvalue weighted by atomic mass is 9.95. The minimum Gasteiger partial charge on any atom is -0.497 e. The second kappa shape index (κ2) is 15.6. The Hall–Kier alpha value is -8.20. The molecule has 0 radical (unpaired) electrons. The Morgan fingerprint density at radius 1 is 0.677 bits per heavy atom. The molecule has 6 aromatic rings. The van der Waals surface area contributed by atoms with E-state index in [9.17, 15) is 37.2 Å². The van der Waals surface area contributed by atoms with E-state index in [-0.39, 0.29) is 54.4 Å². The van der Waals surface area contributed by atoms with Crippen LogP contribution in [-0.2, 0) is 43.6 Å². The van der Waals surface area contributed by atoms with Gasteiger partial charge in [-0.05, 0) is 89.5 Å². The third-order valence-electron chi connectivity index (χ3n) is 11.6. The number of furan rings is 2. The van der Waals surface area contributed by atoms with Crippen LogP contribution in [0.15, 0.2) is 104 Å². The number of urea groups is 2. The van der Waals surface area contributed by atoms with Crippen LogP contribution in [0.25, 0.3) is 21.9 Å². The summed E-state index contributed by atoms with van der Waals surface area (Å²) in [5, 5.41) is 22.6. The van der Waals surface area contributed by atoms with Gasteiger partial charge in [-0.15, -0.1) is 0 Å². The van der Waals surface area contributed by atoms with E-state index >= 15 is 0 Å². The van der Waals surface area contributed by atoms with Crippen LogP contribution in [-0.4, -0.2) is 98.9 Å². The summed E-state index contributed by atoms with van der Waals surface area (Å²) >= 11 is 0. The molecule has 4 aliphatic heterocycles. The molecule has 0 aliphatic carbocycles. The first-order valence-electron chi connectivity index (χ1n) is 19.7. The highest BCUT2D eigenvalue weighted by Crippen LogP contribution is 2.37.